The number of hydrogen-bond donors (Lipinski definition) is 3. The summed E-state index contributed by atoms with van der Waals surface area (Å²) in [5.74, 6) is -0.976. The van der Waals surface area contributed by atoms with Crippen LogP contribution in [0, 0.1) is 5.41 Å². The minimum absolute atomic E-state index is 0.00146. The van der Waals surface area contributed by atoms with Crippen LogP contribution in [0.4, 0.5) is 4.79 Å². The third kappa shape index (κ3) is 4.77. The quantitative estimate of drug-likeness (QED) is 0.671. The Hall–Kier alpha value is -2.86. The van der Waals surface area contributed by atoms with Gasteiger partial charge in [0.05, 0.1) is 12.0 Å². The van der Waals surface area contributed by atoms with Gasteiger partial charge in [0.2, 0.25) is 0 Å². The van der Waals surface area contributed by atoms with Gasteiger partial charge in [0.25, 0.3) is 0 Å². The molecular formula is C23H28N2O4. The average Bonchev–Trinajstić information content (AvgIpc) is 3.03. The summed E-state index contributed by atoms with van der Waals surface area (Å²) in [6.07, 6.45) is 1.31. The number of nitrogens with zero attached hydrogens (tertiary/aromatic N) is 1. The third-order valence-electron chi connectivity index (χ3n) is 5.54. The van der Waals surface area contributed by atoms with Crippen molar-refractivity contribution in [3.8, 4) is 0 Å². The highest BCUT2D eigenvalue weighted by Gasteiger charge is 2.39. The van der Waals surface area contributed by atoms with E-state index in [1.807, 2.05) is 54.6 Å². The lowest BCUT2D eigenvalue weighted by molar-refractivity contribution is -0.146. The maximum absolute atomic E-state index is 13.0. The molecule has 0 saturated heterocycles. The van der Waals surface area contributed by atoms with Crippen LogP contribution >= 0.6 is 0 Å². The predicted molar refractivity (Wildman–Crippen MR) is 110 cm³/mol. The molecule has 6 nitrogen and oxygen atoms in total. The van der Waals surface area contributed by atoms with E-state index in [4.69, 9.17) is 0 Å². The molecule has 154 valence electrons. The zero-order valence-electron chi connectivity index (χ0n) is 16.9. The Balaban J connectivity index is 1.80. The predicted octanol–water partition coefficient (Wildman–Crippen LogP) is 3.14. The van der Waals surface area contributed by atoms with Crippen LogP contribution in [-0.2, 0) is 23.4 Å². The van der Waals surface area contributed by atoms with Crippen molar-refractivity contribution in [3.63, 3.8) is 0 Å². The Kier molecular flexibility index (Phi) is 5.94. The van der Waals surface area contributed by atoms with Gasteiger partial charge in [0.15, 0.2) is 0 Å². The largest absolute Gasteiger partial charge is 0.481 e. The highest BCUT2D eigenvalue weighted by Crippen LogP contribution is 2.37. The smallest absolute Gasteiger partial charge is 0.317 e. The molecule has 0 bridgehead atoms. The molecule has 1 unspecified atom stereocenters. The molecular weight excluding hydrogens is 368 g/mol. The van der Waals surface area contributed by atoms with Gasteiger partial charge >= 0.3 is 12.0 Å². The minimum atomic E-state index is -1.12. The second kappa shape index (κ2) is 8.25. The fourth-order valence-corrected chi connectivity index (χ4v) is 3.64. The highest BCUT2D eigenvalue weighted by molar-refractivity contribution is 5.77. The lowest BCUT2D eigenvalue weighted by Crippen LogP contribution is -2.49. The molecule has 0 spiro atoms. The van der Waals surface area contributed by atoms with E-state index < -0.39 is 17.0 Å². The van der Waals surface area contributed by atoms with Crippen LogP contribution in [-0.4, -0.2) is 40.2 Å². The van der Waals surface area contributed by atoms with Crippen molar-refractivity contribution in [3.05, 3.63) is 71.3 Å². The topological polar surface area (TPSA) is 89.9 Å². The van der Waals surface area contributed by atoms with Crippen LogP contribution in [0.2, 0.25) is 0 Å². The fourth-order valence-electron chi connectivity index (χ4n) is 3.64. The van der Waals surface area contributed by atoms with Gasteiger partial charge in [-0.25, -0.2) is 4.79 Å². The van der Waals surface area contributed by atoms with Crippen molar-refractivity contribution < 1.29 is 19.8 Å². The number of benzene rings is 2. The number of carbonyl (C=O) groups excluding carboxylic acids is 1. The molecule has 0 aliphatic heterocycles. The number of rotatable bonds is 7. The normalized spacial score (nSPS) is 18.2. The zero-order chi connectivity index (χ0) is 21.1. The SMILES string of the molecule is CC(C)(CNC(=O)N(Cc1ccccc1)CC1(O)CCc2ccccc21)C(=O)O. The number of carboxylic acid groups (broad SMARTS) is 1. The number of aliphatic hydroxyl groups is 1. The summed E-state index contributed by atoms with van der Waals surface area (Å²) in [5, 5.41) is 23.4. The zero-order valence-corrected chi connectivity index (χ0v) is 16.9. The number of aliphatic carboxylic acids is 1. The van der Waals surface area contributed by atoms with Crippen LogP contribution in [0.1, 0.15) is 37.0 Å². The molecule has 1 aliphatic carbocycles. The van der Waals surface area contributed by atoms with E-state index in [9.17, 15) is 19.8 Å². The monoisotopic (exact) mass is 396 g/mol. The maximum Gasteiger partial charge on any atom is 0.317 e. The molecule has 2 aromatic carbocycles. The molecule has 0 heterocycles. The Morgan fingerprint density at radius 3 is 2.45 bits per heavy atom. The Bertz CT molecular complexity index is 881. The third-order valence-corrected chi connectivity index (χ3v) is 5.54. The van der Waals surface area contributed by atoms with Gasteiger partial charge in [-0.2, -0.15) is 0 Å². The van der Waals surface area contributed by atoms with Crippen molar-refractivity contribution in [2.45, 2.75) is 38.8 Å². The van der Waals surface area contributed by atoms with Gasteiger partial charge in [-0.1, -0.05) is 54.6 Å². The molecule has 2 amide bonds. The summed E-state index contributed by atoms with van der Waals surface area (Å²) in [7, 11) is 0. The van der Waals surface area contributed by atoms with Gasteiger partial charge in [-0.05, 0) is 43.4 Å². The lowest BCUT2D eigenvalue weighted by Gasteiger charge is -2.33. The molecule has 0 aromatic heterocycles. The molecule has 3 N–H and O–H groups in total. The number of hydrogen-bond acceptors (Lipinski definition) is 3. The molecule has 2 aromatic rings. The maximum atomic E-state index is 13.0. The van der Waals surface area contributed by atoms with Crippen LogP contribution in [0.3, 0.4) is 0 Å². The summed E-state index contributed by atoms with van der Waals surface area (Å²) in [4.78, 5) is 25.9. The molecule has 1 atom stereocenters. The average molecular weight is 396 g/mol. The van der Waals surface area contributed by atoms with Crippen molar-refractivity contribution >= 4 is 12.0 Å². The highest BCUT2D eigenvalue weighted by atomic mass is 16.4. The second-order valence-corrected chi connectivity index (χ2v) is 8.38. The van der Waals surface area contributed by atoms with Crippen LogP contribution in [0.15, 0.2) is 54.6 Å². The van der Waals surface area contributed by atoms with Gasteiger partial charge in [-0.15, -0.1) is 0 Å². The van der Waals surface area contributed by atoms with Crippen molar-refractivity contribution in [1.29, 1.82) is 0 Å². The number of aryl methyl sites for hydroxylation is 1. The first-order chi connectivity index (χ1) is 13.7. The summed E-state index contributed by atoms with van der Waals surface area (Å²) in [6.45, 7) is 3.60. The molecule has 0 saturated carbocycles. The first-order valence-electron chi connectivity index (χ1n) is 9.82. The molecule has 0 fully saturated rings. The van der Waals surface area contributed by atoms with Crippen molar-refractivity contribution in [2.24, 2.45) is 5.41 Å². The molecule has 6 heteroatoms. The number of fused-ring (bicyclic) bond motifs is 1. The van der Waals surface area contributed by atoms with Crippen LogP contribution < -0.4 is 5.32 Å². The standard InChI is InChI=1S/C23H28N2O4/c1-22(2,20(26)27)15-24-21(28)25(14-17-8-4-3-5-9-17)16-23(29)13-12-18-10-6-7-11-19(18)23/h3-11,29H,12-16H2,1-2H3,(H,24,28)(H,26,27). The molecule has 1 aliphatic rings. The number of carboxylic acids is 1. The summed E-state index contributed by atoms with van der Waals surface area (Å²) in [6, 6.07) is 16.9. The second-order valence-electron chi connectivity index (χ2n) is 8.38. The number of carbonyl (C=O) groups is 2. The van der Waals surface area contributed by atoms with Gasteiger partial charge in [0, 0.05) is 13.1 Å². The number of nitrogens with one attached hydrogen (secondary N) is 1. The first kappa shape index (κ1) is 20.9. The van der Waals surface area contributed by atoms with Crippen LogP contribution in [0.5, 0.6) is 0 Å². The number of amides is 2. The fraction of sp³-hybridized carbons (Fsp3) is 0.391. The molecule has 0 radical (unpaired) electrons. The molecule has 3 rings (SSSR count). The van der Waals surface area contributed by atoms with E-state index in [0.717, 1.165) is 23.1 Å². The van der Waals surface area contributed by atoms with E-state index >= 15 is 0 Å². The van der Waals surface area contributed by atoms with E-state index in [-0.39, 0.29) is 19.1 Å². The Morgan fingerprint density at radius 1 is 1.10 bits per heavy atom. The van der Waals surface area contributed by atoms with Gasteiger partial charge in [0.1, 0.15) is 5.60 Å². The Morgan fingerprint density at radius 2 is 1.76 bits per heavy atom. The summed E-state index contributed by atoms with van der Waals surface area (Å²) < 4.78 is 0. The van der Waals surface area contributed by atoms with Crippen molar-refractivity contribution in [1.82, 2.24) is 10.2 Å². The summed E-state index contributed by atoms with van der Waals surface area (Å²) >= 11 is 0. The lowest BCUT2D eigenvalue weighted by atomic mass is 9.94. The molecule has 29 heavy (non-hydrogen) atoms. The minimum Gasteiger partial charge on any atom is -0.481 e. The first-order valence-corrected chi connectivity index (χ1v) is 9.82. The summed E-state index contributed by atoms with van der Waals surface area (Å²) in [5.41, 5.74) is 0.699. The van der Waals surface area contributed by atoms with E-state index in [0.29, 0.717) is 13.0 Å². The van der Waals surface area contributed by atoms with Crippen LogP contribution in [0.25, 0.3) is 0 Å². The van der Waals surface area contributed by atoms with E-state index in [2.05, 4.69) is 5.32 Å². The van der Waals surface area contributed by atoms with E-state index in [1.165, 1.54) is 0 Å². The number of urea groups is 1. The van der Waals surface area contributed by atoms with Gasteiger partial charge < -0.3 is 20.4 Å². The van der Waals surface area contributed by atoms with Crippen molar-refractivity contribution in [2.75, 3.05) is 13.1 Å². The Labute approximate surface area is 171 Å². The van der Waals surface area contributed by atoms with Gasteiger partial charge in [-0.3, -0.25) is 4.79 Å². The van der Waals surface area contributed by atoms with E-state index in [1.54, 1.807) is 18.7 Å².